The molecule has 0 spiro atoms. The molecule has 1 amide bonds. The smallest absolute Gasteiger partial charge is 0.252 e. The number of halogens is 1. The van der Waals surface area contributed by atoms with E-state index in [2.05, 4.69) is 27.3 Å². The molecule has 0 heterocycles. The van der Waals surface area contributed by atoms with Crippen LogP contribution in [0.25, 0.3) is 10.8 Å². The van der Waals surface area contributed by atoms with Crippen molar-refractivity contribution >= 4 is 32.6 Å². The van der Waals surface area contributed by atoms with E-state index in [1.807, 2.05) is 37.3 Å². The van der Waals surface area contributed by atoms with Gasteiger partial charge < -0.3 is 5.32 Å². The summed E-state index contributed by atoms with van der Waals surface area (Å²) in [5, 5.41) is 13.6. The fourth-order valence-electron chi connectivity index (χ4n) is 1.83. The van der Waals surface area contributed by atoms with E-state index in [0.717, 1.165) is 15.2 Å². The van der Waals surface area contributed by atoms with Crippen LogP contribution in [0.1, 0.15) is 23.7 Å². The van der Waals surface area contributed by atoms with E-state index in [9.17, 15) is 4.79 Å². The predicted octanol–water partition coefficient (Wildman–Crippen LogP) is 3.63. The maximum Gasteiger partial charge on any atom is 0.252 e. The van der Waals surface area contributed by atoms with E-state index in [0.29, 0.717) is 12.0 Å². The van der Waals surface area contributed by atoms with Crippen molar-refractivity contribution in [3.05, 3.63) is 46.4 Å². The molecule has 96 valence electrons. The highest BCUT2D eigenvalue weighted by Crippen LogP contribution is 2.21. The first-order chi connectivity index (χ1) is 9.13. The van der Waals surface area contributed by atoms with E-state index < -0.39 is 6.04 Å². The zero-order valence-corrected chi connectivity index (χ0v) is 12.1. The molecule has 0 aliphatic rings. The number of hydrogen-bond donors (Lipinski definition) is 1. The van der Waals surface area contributed by atoms with Crippen LogP contribution in [0, 0.1) is 11.3 Å². The molecule has 2 rings (SSSR count). The first-order valence-electron chi connectivity index (χ1n) is 6.04. The van der Waals surface area contributed by atoms with Gasteiger partial charge in [-0.05, 0) is 41.5 Å². The number of carbonyl (C=O) groups is 1. The highest BCUT2D eigenvalue weighted by molar-refractivity contribution is 9.10. The number of nitriles is 1. The van der Waals surface area contributed by atoms with E-state index in [1.54, 1.807) is 6.07 Å². The summed E-state index contributed by atoms with van der Waals surface area (Å²) < 4.78 is 1.01. The van der Waals surface area contributed by atoms with Gasteiger partial charge >= 0.3 is 0 Å². The number of amides is 1. The Bertz CT molecular complexity index is 661. The maximum atomic E-state index is 12.0. The third-order valence-electron chi connectivity index (χ3n) is 2.93. The molecule has 4 heteroatoms. The Balaban J connectivity index is 2.28. The molecule has 0 saturated carbocycles. The van der Waals surface area contributed by atoms with Gasteiger partial charge in [-0.15, -0.1) is 0 Å². The summed E-state index contributed by atoms with van der Waals surface area (Å²) in [7, 11) is 0. The molecule has 0 radical (unpaired) electrons. The largest absolute Gasteiger partial charge is 0.336 e. The fraction of sp³-hybridized carbons (Fsp3) is 0.200. The number of benzene rings is 2. The van der Waals surface area contributed by atoms with Crippen LogP contribution in [0.15, 0.2) is 40.9 Å². The molecule has 0 aliphatic heterocycles. The van der Waals surface area contributed by atoms with Crippen LogP contribution in [0.2, 0.25) is 0 Å². The molecule has 0 bridgehead atoms. The van der Waals surface area contributed by atoms with Gasteiger partial charge in [0.2, 0.25) is 0 Å². The van der Waals surface area contributed by atoms with Crippen molar-refractivity contribution in [1.29, 1.82) is 5.26 Å². The first-order valence-corrected chi connectivity index (χ1v) is 6.83. The second kappa shape index (κ2) is 5.85. The van der Waals surface area contributed by atoms with Crippen LogP contribution in [0.5, 0.6) is 0 Å². The first kappa shape index (κ1) is 13.6. The lowest BCUT2D eigenvalue weighted by Gasteiger charge is -2.09. The quantitative estimate of drug-likeness (QED) is 0.940. The molecular weight excluding hydrogens is 304 g/mol. The summed E-state index contributed by atoms with van der Waals surface area (Å²) in [4.78, 5) is 12.0. The van der Waals surface area contributed by atoms with Crippen LogP contribution < -0.4 is 5.32 Å². The van der Waals surface area contributed by atoms with Gasteiger partial charge in [-0.1, -0.05) is 35.0 Å². The van der Waals surface area contributed by atoms with E-state index in [-0.39, 0.29) is 5.91 Å². The minimum atomic E-state index is -0.437. The molecule has 0 aliphatic carbocycles. The lowest BCUT2D eigenvalue weighted by atomic mass is 10.1. The Morgan fingerprint density at radius 1 is 1.32 bits per heavy atom. The van der Waals surface area contributed by atoms with Gasteiger partial charge in [0.1, 0.15) is 6.04 Å². The van der Waals surface area contributed by atoms with Crippen molar-refractivity contribution in [1.82, 2.24) is 5.32 Å². The Kier molecular flexibility index (Phi) is 4.18. The third-order valence-corrected chi connectivity index (χ3v) is 3.43. The summed E-state index contributed by atoms with van der Waals surface area (Å²) in [6, 6.07) is 13.0. The fourth-order valence-corrected chi connectivity index (χ4v) is 2.20. The molecule has 1 N–H and O–H groups in total. The van der Waals surface area contributed by atoms with Crippen molar-refractivity contribution in [3.63, 3.8) is 0 Å². The molecule has 0 aromatic heterocycles. The molecule has 19 heavy (non-hydrogen) atoms. The van der Waals surface area contributed by atoms with Crippen LogP contribution in [0.4, 0.5) is 0 Å². The van der Waals surface area contributed by atoms with Crippen molar-refractivity contribution in [2.24, 2.45) is 0 Å². The van der Waals surface area contributed by atoms with Crippen molar-refractivity contribution in [2.45, 2.75) is 19.4 Å². The number of hydrogen-bond acceptors (Lipinski definition) is 2. The molecule has 3 nitrogen and oxygen atoms in total. The molecule has 1 atom stereocenters. The lowest BCUT2D eigenvalue weighted by Crippen LogP contribution is -2.33. The zero-order valence-electron chi connectivity index (χ0n) is 10.5. The van der Waals surface area contributed by atoms with Crippen molar-refractivity contribution in [3.8, 4) is 6.07 Å². The summed E-state index contributed by atoms with van der Waals surface area (Å²) in [5.74, 6) is -0.210. The molecular formula is C15H13BrN2O. The van der Waals surface area contributed by atoms with Gasteiger partial charge in [0, 0.05) is 10.0 Å². The van der Waals surface area contributed by atoms with Crippen LogP contribution >= 0.6 is 15.9 Å². The number of carbonyl (C=O) groups excluding carboxylic acids is 1. The minimum absolute atomic E-state index is 0.210. The molecule has 0 saturated heterocycles. The lowest BCUT2D eigenvalue weighted by molar-refractivity contribution is 0.0945. The Hall–Kier alpha value is -1.86. The van der Waals surface area contributed by atoms with Crippen LogP contribution in [-0.2, 0) is 0 Å². The van der Waals surface area contributed by atoms with Gasteiger partial charge in [0.25, 0.3) is 5.91 Å². The van der Waals surface area contributed by atoms with E-state index >= 15 is 0 Å². The standard InChI is InChI=1S/C15H13BrN2O/c1-2-14(9-17)18-15(19)12-4-3-11-8-13(16)6-5-10(11)7-12/h3-8,14H,2H2,1H3,(H,18,19). The van der Waals surface area contributed by atoms with Crippen molar-refractivity contribution < 1.29 is 4.79 Å². The van der Waals surface area contributed by atoms with E-state index in [1.165, 1.54) is 0 Å². The number of rotatable bonds is 3. The minimum Gasteiger partial charge on any atom is -0.336 e. The molecule has 1 unspecified atom stereocenters. The predicted molar refractivity (Wildman–Crippen MR) is 78.8 cm³/mol. The molecule has 2 aromatic carbocycles. The SMILES string of the molecule is CCC(C#N)NC(=O)c1ccc2cc(Br)ccc2c1. The molecule has 0 fully saturated rings. The summed E-state index contributed by atoms with van der Waals surface area (Å²) in [6.45, 7) is 1.87. The van der Waals surface area contributed by atoms with Gasteiger partial charge in [0.15, 0.2) is 0 Å². The normalized spacial score (nSPS) is 11.8. The number of nitrogens with zero attached hydrogens (tertiary/aromatic N) is 1. The van der Waals surface area contributed by atoms with E-state index in [4.69, 9.17) is 5.26 Å². The maximum absolute atomic E-state index is 12.0. The van der Waals surface area contributed by atoms with Gasteiger partial charge in [0.05, 0.1) is 6.07 Å². The third kappa shape index (κ3) is 3.12. The number of nitrogens with one attached hydrogen (secondary N) is 1. The summed E-state index contributed by atoms with van der Waals surface area (Å²) in [6.07, 6.45) is 0.600. The summed E-state index contributed by atoms with van der Waals surface area (Å²) >= 11 is 3.42. The zero-order chi connectivity index (χ0) is 13.8. The second-order valence-corrected chi connectivity index (χ2v) is 5.19. The van der Waals surface area contributed by atoms with Gasteiger partial charge in [-0.25, -0.2) is 0 Å². The second-order valence-electron chi connectivity index (χ2n) is 4.27. The van der Waals surface area contributed by atoms with Crippen LogP contribution in [-0.4, -0.2) is 11.9 Å². The monoisotopic (exact) mass is 316 g/mol. The highest BCUT2D eigenvalue weighted by Gasteiger charge is 2.11. The Labute approximate surface area is 120 Å². The Morgan fingerprint density at radius 2 is 2.00 bits per heavy atom. The van der Waals surface area contributed by atoms with Crippen LogP contribution in [0.3, 0.4) is 0 Å². The summed E-state index contributed by atoms with van der Waals surface area (Å²) in [5.41, 5.74) is 0.573. The average molecular weight is 317 g/mol. The highest BCUT2D eigenvalue weighted by atomic mass is 79.9. The topological polar surface area (TPSA) is 52.9 Å². The van der Waals surface area contributed by atoms with Gasteiger partial charge in [-0.2, -0.15) is 5.26 Å². The molecule has 2 aromatic rings. The number of fused-ring (bicyclic) bond motifs is 1. The average Bonchev–Trinajstić information content (AvgIpc) is 2.43. The van der Waals surface area contributed by atoms with Gasteiger partial charge in [-0.3, -0.25) is 4.79 Å². The Morgan fingerprint density at radius 3 is 2.68 bits per heavy atom. The van der Waals surface area contributed by atoms with Crippen molar-refractivity contribution in [2.75, 3.05) is 0 Å².